The minimum absolute atomic E-state index is 0.210. The molecule has 0 unspecified atom stereocenters. The molecule has 98 valence electrons. The average Bonchev–Trinajstić information content (AvgIpc) is 2.98. The number of pyridine rings is 1. The number of carboxylic acids is 1. The largest absolute Gasteiger partial charge is 0.478 e. The van der Waals surface area contributed by atoms with Crippen LogP contribution >= 0.6 is 0 Å². The first-order valence-corrected chi connectivity index (χ1v) is 5.78. The van der Waals surface area contributed by atoms with Crippen LogP contribution in [0.3, 0.4) is 0 Å². The fourth-order valence-electron chi connectivity index (χ4n) is 1.67. The van der Waals surface area contributed by atoms with Gasteiger partial charge < -0.3 is 5.11 Å². The van der Waals surface area contributed by atoms with Crippen molar-refractivity contribution in [1.82, 2.24) is 25.2 Å². The van der Waals surface area contributed by atoms with Gasteiger partial charge in [0.25, 0.3) is 0 Å². The molecule has 3 aromatic rings. The average molecular weight is 267 g/mol. The number of hydrogen-bond donors (Lipinski definition) is 1. The lowest BCUT2D eigenvalue weighted by Gasteiger charge is -1.98. The summed E-state index contributed by atoms with van der Waals surface area (Å²) in [6.07, 6.45) is 3.31. The van der Waals surface area contributed by atoms with Crippen LogP contribution in [0.15, 0.2) is 48.8 Å². The minimum atomic E-state index is -0.973. The van der Waals surface area contributed by atoms with E-state index in [0.717, 1.165) is 5.56 Å². The Balaban J connectivity index is 1.92. The number of nitrogens with zero attached hydrogens (tertiary/aromatic N) is 5. The molecule has 0 radical (unpaired) electrons. The number of carbonyl (C=O) groups is 1. The number of aromatic nitrogens is 5. The minimum Gasteiger partial charge on any atom is -0.478 e. The first-order valence-electron chi connectivity index (χ1n) is 5.78. The molecule has 0 aliphatic heterocycles. The third-order valence-electron chi connectivity index (χ3n) is 2.68. The number of benzene rings is 1. The number of tetrazole rings is 1. The van der Waals surface area contributed by atoms with E-state index in [4.69, 9.17) is 5.11 Å². The van der Waals surface area contributed by atoms with Gasteiger partial charge in [0.05, 0.1) is 11.3 Å². The highest BCUT2D eigenvalue weighted by Crippen LogP contribution is 2.13. The normalized spacial score (nSPS) is 10.4. The zero-order valence-electron chi connectivity index (χ0n) is 10.2. The maximum absolute atomic E-state index is 10.8. The predicted octanol–water partition coefficient (Wildman–Crippen LogP) is 1.42. The van der Waals surface area contributed by atoms with Crippen molar-refractivity contribution in [1.29, 1.82) is 0 Å². The Morgan fingerprint density at radius 2 is 1.95 bits per heavy atom. The Bertz CT molecular complexity index is 737. The monoisotopic (exact) mass is 267 g/mol. The van der Waals surface area contributed by atoms with Crippen molar-refractivity contribution in [3.63, 3.8) is 0 Å². The molecule has 1 N–H and O–H groups in total. The van der Waals surface area contributed by atoms with E-state index >= 15 is 0 Å². The Morgan fingerprint density at radius 1 is 1.15 bits per heavy atom. The summed E-state index contributed by atoms with van der Waals surface area (Å²) in [4.78, 5) is 16.1. The van der Waals surface area contributed by atoms with Gasteiger partial charge >= 0.3 is 5.97 Å². The van der Waals surface area contributed by atoms with Gasteiger partial charge in [-0.3, -0.25) is 4.98 Å². The lowest BCUT2D eigenvalue weighted by Crippen LogP contribution is -2.01. The fraction of sp³-hybridized carbons (Fsp3) is 0. The van der Waals surface area contributed by atoms with E-state index in [2.05, 4.69) is 20.4 Å². The summed E-state index contributed by atoms with van der Waals surface area (Å²) in [7, 11) is 0. The summed E-state index contributed by atoms with van der Waals surface area (Å²) in [6.45, 7) is 0. The predicted molar refractivity (Wildman–Crippen MR) is 69.3 cm³/mol. The maximum atomic E-state index is 10.8. The van der Waals surface area contributed by atoms with E-state index in [1.165, 1.54) is 16.9 Å². The Morgan fingerprint density at radius 3 is 2.60 bits per heavy atom. The maximum Gasteiger partial charge on any atom is 0.335 e. The third-order valence-corrected chi connectivity index (χ3v) is 2.68. The van der Waals surface area contributed by atoms with Crippen molar-refractivity contribution < 1.29 is 9.90 Å². The van der Waals surface area contributed by atoms with Crippen molar-refractivity contribution in [2.45, 2.75) is 0 Å². The van der Waals surface area contributed by atoms with E-state index in [1.807, 2.05) is 6.07 Å². The van der Waals surface area contributed by atoms with Crippen LogP contribution in [0.25, 0.3) is 17.1 Å². The molecule has 20 heavy (non-hydrogen) atoms. The summed E-state index contributed by atoms with van der Waals surface area (Å²) < 4.78 is 0. The lowest BCUT2D eigenvalue weighted by molar-refractivity contribution is 0.0697. The Labute approximate surface area is 113 Å². The topological polar surface area (TPSA) is 93.8 Å². The molecule has 3 rings (SSSR count). The molecule has 0 saturated carbocycles. The molecule has 0 spiro atoms. The van der Waals surface area contributed by atoms with Crippen molar-refractivity contribution in [2.75, 3.05) is 0 Å². The van der Waals surface area contributed by atoms with Gasteiger partial charge in [0.15, 0.2) is 0 Å². The second-order valence-electron chi connectivity index (χ2n) is 4.00. The molecule has 2 heterocycles. The molecular weight excluding hydrogens is 258 g/mol. The lowest BCUT2D eigenvalue weighted by atomic mass is 10.2. The summed E-state index contributed by atoms with van der Waals surface area (Å²) >= 11 is 0. The van der Waals surface area contributed by atoms with Gasteiger partial charge in [-0.25, -0.2) is 4.79 Å². The van der Waals surface area contributed by atoms with E-state index in [-0.39, 0.29) is 5.56 Å². The molecule has 1 aromatic carbocycles. The van der Waals surface area contributed by atoms with Crippen molar-refractivity contribution in [2.24, 2.45) is 0 Å². The molecule has 0 atom stereocenters. The second kappa shape index (κ2) is 4.88. The quantitative estimate of drug-likeness (QED) is 0.771. The van der Waals surface area contributed by atoms with Gasteiger partial charge in [-0.05, 0) is 41.6 Å². The Hall–Kier alpha value is -3.09. The summed E-state index contributed by atoms with van der Waals surface area (Å²) in [5.41, 5.74) is 1.61. The molecule has 0 aliphatic rings. The van der Waals surface area contributed by atoms with Gasteiger partial charge in [0, 0.05) is 18.0 Å². The molecule has 0 fully saturated rings. The highest BCUT2D eigenvalue weighted by molar-refractivity contribution is 5.87. The summed E-state index contributed by atoms with van der Waals surface area (Å²) in [6, 6.07) is 9.85. The van der Waals surface area contributed by atoms with Crippen LogP contribution in [-0.4, -0.2) is 36.3 Å². The van der Waals surface area contributed by atoms with Crippen LogP contribution in [0.4, 0.5) is 0 Å². The van der Waals surface area contributed by atoms with Crippen LogP contribution in [-0.2, 0) is 0 Å². The molecule has 0 amide bonds. The first kappa shape index (κ1) is 12.0. The van der Waals surface area contributed by atoms with Crippen molar-refractivity contribution >= 4 is 5.97 Å². The molecule has 7 heteroatoms. The van der Waals surface area contributed by atoms with Crippen LogP contribution in [0.1, 0.15) is 10.4 Å². The summed E-state index contributed by atoms with van der Waals surface area (Å²) in [5.74, 6) is -0.514. The van der Waals surface area contributed by atoms with Gasteiger partial charge in [0.1, 0.15) is 0 Å². The SMILES string of the molecule is O=C(O)c1ccc(-n2nnc(-c3cccnc3)n2)cc1. The number of aromatic carboxylic acids is 1. The first-order chi connectivity index (χ1) is 9.74. The molecule has 0 bridgehead atoms. The number of hydrogen-bond acceptors (Lipinski definition) is 5. The number of carboxylic acid groups (broad SMARTS) is 1. The van der Waals surface area contributed by atoms with Gasteiger partial charge in [-0.1, -0.05) is 0 Å². The zero-order chi connectivity index (χ0) is 13.9. The van der Waals surface area contributed by atoms with Gasteiger partial charge in [-0.15, -0.1) is 15.0 Å². The van der Waals surface area contributed by atoms with Gasteiger partial charge in [-0.2, -0.15) is 0 Å². The van der Waals surface area contributed by atoms with E-state index < -0.39 is 5.97 Å². The Kier molecular flexibility index (Phi) is 2.92. The third kappa shape index (κ3) is 2.24. The van der Waals surface area contributed by atoms with Crippen LogP contribution in [0, 0.1) is 0 Å². The van der Waals surface area contributed by atoms with Crippen molar-refractivity contribution in [3.8, 4) is 17.1 Å². The van der Waals surface area contributed by atoms with Gasteiger partial charge in [0.2, 0.25) is 5.82 Å². The highest BCUT2D eigenvalue weighted by atomic mass is 16.4. The second-order valence-corrected chi connectivity index (χ2v) is 4.00. The molecule has 0 aliphatic carbocycles. The van der Waals surface area contributed by atoms with Crippen molar-refractivity contribution in [3.05, 3.63) is 54.4 Å². The highest BCUT2D eigenvalue weighted by Gasteiger charge is 2.08. The van der Waals surface area contributed by atoms with E-state index in [9.17, 15) is 4.79 Å². The molecule has 0 saturated heterocycles. The zero-order valence-corrected chi connectivity index (χ0v) is 10.2. The van der Waals surface area contributed by atoms with E-state index in [0.29, 0.717) is 11.5 Å². The number of rotatable bonds is 3. The smallest absolute Gasteiger partial charge is 0.335 e. The van der Waals surface area contributed by atoms with Crippen LogP contribution in [0.5, 0.6) is 0 Å². The molecular formula is C13H9N5O2. The molecule has 7 nitrogen and oxygen atoms in total. The summed E-state index contributed by atoms with van der Waals surface area (Å²) in [5, 5.41) is 21.0. The molecule has 2 aromatic heterocycles. The standard InChI is InChI=1S/C13H9N5O2/c19-13(20)9-3-5-11(6-4-9)18-16-12(15-17-18)10-2-1-7-14-8-10/h1-8H,(H,19,20). The fourth-order valence-corrected chi connectivity index (χ4v) is 1.67. The van der Waals surface area contributed by atoms with E-state index in [1.54, 1.807) is 30.6 Å². The van der Waals surface area contributed by atoms with Crippen LogP contribution in [0.2, 0.25) is 0 Å². The van der Waals surface area contributed by atoms with Crippen LogP contribution < -0.4 is 0 Å².